The Hall–Kier alpha value is -2.49. The van der Waals surface area contributed by atoms with Crippen LogP contribution in [0.5, 0.6) is 0 Å². The topological polar surface area (TPSA) is 46.2 Å². The van der Waals surface area contributed by atoms with Crippen LogP contribution in [0, 0.1) is 5.82 Å². The second kappa shape index (κ2) is 8.75. The van der Waals surface area contributed by atoms with Crippen LogP contribution >= 0.6 is 0 Å². The molecule has 0 radical (unpaired) electrons. The van der Waals surface area contributed by atoms with Gasteiger partial charge in [-0.25, -0.2) is 4.39 Å². The number of ketones is 1. The molecule has 1 amide bonds. The molecule has 0 spiro atoms. The molecular weight excluding hydrogens is 329 g/mol. The Morgan fingerprint density at radius 2 is 1.73 bits per heavy atom. The van der Waals surface area contributed by atoms with E-state index in [1.165, 1.54) is 30.0 Å². The van der Waals surface area contributed by atoms with Gasteiger partial charge in [-0.2, -0.15) is 0 Å². The number of hydrogen-bond donors (Lipinski definition) is 1. The summed E-state index contributed by atoms with van der Waals surface area (Å²) in [6, 6.07) is 12.5. The van der Waals surface area contributed by atoms with Crippen LogP contribution in [0.3, 0.4) is 0 Å². The van der Waals surface area contributed by atoms with Crippen LogP contribution in [0.4, 0.5) is 4.39 Å². The van der Waals surface area contributed by atoms with Crippen molar-refractivity contribution in [3.8, 4) is 0 Å². The van der Waals surface area contributed by atoms with Gasteiger partial charge in [-0.3, -0.25) is 9.59 Å². The first-order valence-electron chi connectivity index (χ1n) is 9.28. The van der Waals surface area contributed by atoms with Gasteiger partial charge in [-0.15, -0.1) is 0 Å². The number of carbonyl (C=O) groups is 2. The van der Waals surface area contributed by atoms with Crippen LogP contribution in [0.15, 0.2) is 42.5 Å². The van der Waals surface area contributed by atoms with E-state index in [1.807, 2.05) is 12.1 Å². The predicted molar refractivity (Wildman–Crippen MR) is 99.8 cm³/mol. The quantitative estimate of drug-likeness (QED) is 0.764. The highest BCUT2D eigenvalue weighted by Gasteiger charge is 2.14. The van der Waals surface area contributed by atoms with Gasteiger partial charge in [-0.05, 0) is 60.9 Å². The number of hydrogen-bond acceptors (Lipinski definition) is 2. The number of aryl methyl sites for hydroxylation is 2. The van der Waals surface area contributed by atoms with Crippen LogP contribution in [0.25, 0.3) is 0 Å². The summed E-state index contributed by atoms with van der Waals surface area (Å²) >= 11 is 0. The number of fused-ring (bicyclic) bond motifs is 1. The highest BCUT2D eigenvalue weighted by molar-refractivity contribution is 5.98. The third kappa shape index (κ3) is 4.78. The average molecular weight is 353 g/mol. The smallest absolute Gasteiger partial charge is 0.220 e. The third-order valence-corrected chi connectivity index (χ3v) is 4.92. The average Bonchev–Trinajstić information content (AvgIpc) is 2.67. The summed E-state index contributed by atoms with van der Waals surface area (Å²) in [6.45, 7) is 0.368. The number of halogens is 1. The molecule has 4 heteroatoms. The summed E-state index contributed by atoms with van der Waals surface area (Å²) < 4.78 is 13.5. The molecule has 0 fully saturated rings. The SMILES string of the molecule is O=C(CCC(=O)c1ccc2c(c1)CCCC2)NCCc1ccccc1F. The van der Waals surface area contributed by atoms with Crippen molar-refractivity contribution in [3.63, 3.8) is 0 Å². The Balaban J connectivity index is 1.44. The van der Waals surface area contributed by atoms with E-state index in [4.69, 9.17) is 0 Å². The number of amides is 1. The number of Topliss-reactive ketones (excluding diaryl/α,β-unsaturated/α-hetero) is 1. The summed E-state index contributed by atoms with van der Waals surface area (Å²) in [5.74, 6) is -0.431. The first kappa shape index (κ1) is 18.3. The van der Waals surface area contributed by atoms with Gasteiger partial charge in [0, 0.05) is 24.9 Å². The van der Waals surface area contributed by atoms with Crippen molar-refractivity contribution in [1.29, 1.82) is 0 Å². The summed E-state index contributed by atoms with van der Waals surface area (Å²) in [7, 11) is 0. The Morgan fingerprint density at radius 1 is 0.962 bits per heavy atom. The number of nitrogens with one attached hydrogen (secondary N) is 1. The molecule has 26 heavy (non-hydrogen) atoms. The third-order valence-electron chi connectivity index (χ3n) is 4.92. The van der Waals surface area contributed by atoms with Crippen LogP contribution in [0.1, 0.15) is 52.7 Å². The van der Waals surface area contributed by atoms with E-state index < -0.39 is 0 Å². The molecule has 0 unspecified atom stereocenters. The second-order valence-corrected chi connectivity index (χ2v) is 6.81. The Bertz CT molecular complexity index is 800. The fourth-order valence-corrected chi connectivity index (χ4v) is 3.40. The summed E-state index contributed by atoms with van der Waals surface area (Å²) in [4.78, 5) is 24.3. The van der Waals surface area contributed by atoms with E-state index in [1.54, 1.807) is 18.2 Å². The van der Waals surface area contributed by atoms with Gasteiger partial charge in [-0.1, -0.05) is 30.3 Å². The first-order chi connectivity index (χ1) is 12.6. The fourth-order valence-electron chi connectivity index (χ4n) is 3.40. The minimum atomic E-state index is -0.260. The molecule has 0 heterocycles. The van der Waals surface area contributed by atoms with Gasteiger partial charge in [0.2, 0.25) is 5.91 Å². The molecule has 0 aromatic heterocycles. The van der Waals surface area contributed by atoms with E-state index in [2.05, 4.69) is 11.4 Å². The molecule has 0 saturated carbocycles. The zero-order valence-electron chi connectivity index (χ0n) is 14.9. The van der Waals surface area contributed by atoms with Gasteiger partial charge in [0.1, 0.15) is 5.82 Å². The summed E-state index contributed by atoms with van der Waals surface area (Å²) in [5, 5.41) is 2.76. The van der Waals surface area contributed by atoms with Crippen LogP contribution in [0.2, 0.25) is 0 Å². The van der Waals surface area contributed by atoms with Crippen molar-refractivity contribution in [1.82, 2.24) is 5.32 Å². The zero-order valence-corrected chi connectivity index (χ0v) is 14.9. The highest BCUT2D eigenvalue weighted by Crippen LogP contribution is 2.22. The van der Waals surface area contributed by atoms with Gasteiger partial charge < -0.3 is 5.32 Å². The van der Waals surface area contributed by atoms with Crippen molar-refractivity contribution in [2.24, 2.45) is 0 Å². The molecule has 1 N–H and O–H groups in total. The van der Waals surface area contributed by atoms with Crippen LogP contribution < -0.4 is 5.32 Å². The summed E-state index contributed by atoms with van der Waals surface area (Å²) in [5.41, 5.74) is 3.90. The lowest BCUT2D eigenvalue weighted by atomic mass is 9.89. The molecule has 0 bridgehead atoms. The second-order valence-electron chi connectivity index (χ2n) is 6.81. The van der Waals surface area contributed by atoms with E-state index >= 15 is 0 Å². The molecule has 1 aliphatic rings. The molecule has 2 aromatic rings. The lowest BCUT2D eigenvalue weighted by molar-refractivity contribution is -0.121. The maximum Gasteiger partial charge on any atom is 0.220 e. The van der Waals surface area contributed by atoms with Crippen LogP contribution in [-0.2, 0) is 24.1 Å². The van der Waals surface area contributed by atoms with Crippen molar-refractivity contribution in [3.05, 3.63) is 70.5 Å². The maximum absolute atomic E-state index is 13.5. The molecule has 3 nitrogen and oxygen atoms in total. The molecule has 2 aromatic carbocycles. The fraction of sp³-hybridized carbons (Fsp3) is 0.364. The highest BCUT2D eigenvalue weighted by atomic mass is 19.1. The standard InChI is InChI=1S/C22H24FNO2/c23-20-8-4-3-6-17(20)13-14-24-22(26)12-11-21(25)19-10-9-16-5-1-2-7-18(16)15-19/h3-4,6,8-10,15H,1-2,5,7,11-14H2,(H,24,26). The van der Waals surface area contributed by atoms with Gasteiger partial charge >= 0.3 is 0 Å². The van der Waals surface area contributed by atoms with E-state index in [0.29, 0.717) is 24.1 Å². The molecular formula is C22H24FNO2. The maximum atomic E-state index is 13.5. The van der Waals surface area contributed by atoms with Crippen molar-refractivity contribution < 1.29 is 14.0 Å². The number of carbonyl (C=O) groups excluding carboxylic acids is 2. The number of benzene rings is 2. The lowest BCUT2D eigenvalue weighted by Gasteiger charge is -2.16. The molecule has 3 rings (SSSR count). The van der Waals surface area contributed by atoms with Gasteiger partial charge in [0.25, 0.3) is 0 Å². The predicted octanol–water partition coefficient (Wildman–Crippen LogP) is 4.03. The normalized spacial score (nSPS) is 13.1. The Kier molecular flexibility index (Phi) is 6.16. The molecule has 0 aliphatic heterocycles. The monoisotopic (exact) mass is 353 g/mol. The van der Waals surface area contributed by atoms with Crippen molar-refractivity contribution >= 4 is 11.7 Å². The molecule has 0 atom stereocenters. The lowest BCUT2D eigenvalue weighted by Crippen LogP contribution is -2.26. The molecule has 0 saturated heterocycles. The van der Waals surface area contributed by atoms with E-state index in [9.17, 15) is 14.0 Å². The van der Waals surface area contributed by atoms with E-state index in [-0.39, 0.29) is 30.3 Å². The zero-order chi connectivity index (χ0) is 18.4. The minimum Gasteiger partial charge on any atom is -0.356 e. The molecule has 1 aliphatic carbocycles. The Labute approximate surface area is 153 Å². The molecule has 136 valence electrons. The van der Waals surface area contributed by atoms with Gasteiger partial charge in [0.05, 0.1) is 0 Å². The van der Waals surface area contributed by atoms with Crippen molar-refractivity contribution in [2.75, 3.05) is 6.54 Å². The largest absolute Gasteiger partial charge is 0.356 e. The van der Waals surface area contributed by atoms with Crippen molar-refractivity contribution in [2.45, 2.75) is 44.9 Å². The van der Waals surface area contributed by atoms with Gasteiger partial charge in [0.15, 0.2) is 5.78 Å². The minimum absolute atomic E-state index is 0.00243. The summed E-state index contributed by atoms with van der Waals surface area (Å²) in [6.07, 6.45) is 5.32. The van der Waals surface area contributed by atoms with Crippen LogP contribution in [-0.4, -0.2) is 18.2 Å². The number of rotatable bonds is 7. The van der Waals surface area contributed by atoms with E-state index in [0.717, 1.165) is 12.8 Å². The first-order valence-corrected chi connectivity index (χ1v) is 9.28. The Morgan fingerprint density at radius 3 is 2.54 bits per heavy atom.